The lowest BCUT2D eigenvalue weighted by Crippen LogP contribution is -2.47. The van der Waals surface area contributed by atoms with E-state index in [4.69, 9.17) is 0 Å². The first-order valence-corrected chi connectivity index (χ1v) is 8.98. The molecule has 4 nitrogen and oxygen atoms in total. The van der Waals surface area contributed by atoms with Crippen molar-refractivity contribution in [3.63, 3.8) is 0 Å². The molecule has 0 radical (unpaired) electrons. The molecule has 1 aromatic rings. The summed E-state index contributed by atoms with van der Waals surface area (Å²) in [4.78, 5) is 27.3. The van der Waals surface area contributed by atoms with E-state index >= 15 is 0 Å². The van der Waals surface area contributed by atoms with E-state index in [9.17, 15) is 9.59 Å². The number of nitrogens with zero attached hydrogens (tertiary/aromatic N) is 1. The first-order chi connectivity index (χ1) is 10.8. The Bertz CT molecular complexity index is 591. The molecule has 0 spiro atoms. The summed E-state index contributed by atoms with van der Waals surface area (Å²) in [5.41, 5.74) is 0.731. The van der Waals surface area contributed by atoms with Crippen LogP contribution in [0.1, 0.15) is 45.1 Å². The number of likely N-dealkylation sites (tertiary alicyclic amines) is 1. The Morgan fingerprint density at radius 3 is 2.30 bits per heavy atom. The SMILES string of the molecule is Cc1ccc(NC(=O)C(C)(C)C(=O)N2CCCCCC2)cc1Br. The predicted octanol–water partition coefficient (Wildman–Crippen LogP) is 4.12. The molecule has 1 aliphatic rings. The molecule has 1 aliphatic heterocycles. The van der Waals surface area contributed by atoms with Gasteiger partial charge < -0.3 is 10.2 Å². The molecule has 0 unspecified atom stereocenters. The third-order valence-corrected chi connectivity index (χ3v) is 5.28. The smallest absolute Gasteiger partial charge is 0.239 e. The molecule has 1 heterocycles. The van der Waals surface area contributed by atoms with Crippen LogP contribution in [0.5, 0.6) is 0 Å². The molecular weight excluding hydrogens is 356 g/mol. The van der Waals surface area contributed by atoms with Crippen LogP contribution < -0.4 is 5.32 Å². The van der Waals surface area contributed by atoms with Gasteiger partial charge in [-0.3, -0.25) is 9.59 Å². The van der Waals surface area contributed by atoms with Crippen LogP contribution >= 0.6 is 15.9 Å². The van der Waals surface area contributed by atoms with Crippen molar-refractivity contribution in [3.8, 4) is 0 Å². The Morgan fingerprint density at radius 2 is 1.74 bits per heavy atom. The molecule has 0 bridgehead atoms. The van der Waals surface area contributed by atoms with Gasteiger partial charge >= 0.3 is 0 Å². The number of anilines is 1. The molecule has 0 saturated carbocycles. The van der Waals surface area contributed by atoms with Crippen LogP contribution in [0.4, 0.5) is 5.69 Å². The van der Waals surface area contributed by atoms with Crippen molar-refractivity contribution in [2.45, 2.75) is 46.5 Å². The third-order valence-electron chi connectivity index (χ3n) is 4.43. The third kappa shape index (κ3) is 4.34. The highest BCUT2D eigenvalue weighted by Crippen LogP contribution is 2.26. The Hall–Kier alpha value is -1.36. The Morgan fingerprint density at radius 1 is 1.13 bits per heavy atom. The summed E-state index contributed by atoms with van der Waals surface area (Å²) in [6, 6.07) is 5.65. The highest BCUT2D eigenvalue weighted by molar-refractivity contribution is 9.10. The quantitative estimate of drug-likeness (QED) is 0.801. The standard InChI is InChI=1S/C18H25BrN2O2/c1-13-8-9-14(12-15(13)19)20-16(22)18(2,3)17(23)21-10-6-4-5-7-11-21/h8-9,12H,4-7,10-11H2,1-3H3,(H,20,22). The van der Waals surface area contributed by atoms with Crippen molar-refractivity contribution in [1.82, 2.24) is 4.90 Å². The Labute approximate surface area is 146 Å². The van der Waals surface area contributed by atoms with Gasteiger partial charge in [0, 0.05) is 23.2 Å². The second-order valence-corrected chi connectivity index (χ2v) is 7.60. The van der Waals surface area contributed by atoms with Crippen molar-refractivity contribution in [2.24, 2.45) is 5.41 Å². The molecule has 1 N–H and O–H groups in total. The zero-order valence-corrected chi connectivity index (χ0v) is 15.7. The zero-order chi connectivity index (χ0) is 17.0. The molecule has 2 rings (SSSR count). The molecule has 126 valence electrons. The summed E-state index contributed by atoms with van der Waals surface area (Å²) in [6.45, 7) is 6.91. The number of carbonyl (C=O) groups is 2. The minimum atomic E-state index is -1.07. The zero-order valence-electron chi connectivity index (χ0n) is 14.1. The molecule has 1 aromatic carbocycles. The number of halogens is 1. The van der Waals surface area contributed by atoms with Gasteiger partial charge in [-0.25, -0.2) is 0 Å². The van der Waals surface area contributed by atoms with Gasteiger partial charge in [0.05, 0.1) is 0 Å². The number of hydrogen-bond acceptors (Lipinski definition) is 2. The average Bonchev–Trinajstić information content (AvgIpc) is 2.79. The first-order valence-electron chi connectivity index (χ1n) is 8.19. The van der Waals surface area contributed by atoms with Gasteiger partial charge in [0.15, 0.2) is 0 Å². The number of hydrogen-bond donors (Lipinski definition) is 1. The van der Waals surface area contributed by atoms with E-state index in [2.05, 4.69) is 21.2 Å². The number of carbonyl (C=O) groups excluding carboxylic acids is 2. The molecular formula is C18H25BrN2O2. The summed E-state index contributed by atoms with van der Waals surface area (Å²) in [6.07, 6.45) is 4.37. The summed E-state index contributed by atoms with van der Waals surface area (Å²) in [5.74, 6) is -0.342. The molecule has 1 fully saturated rings. The van der Waals surface area contributed by atoms with Gasteiger partial charge in [0.2, 0.25) is 11.8 Å². The van der Waals surface area contributed by atoms with E-state index in [1.54, 1.807) is 13.8 Å². The summed E-state index contributed by atoms with van der Waals surface area (Å²) >= 11 is 3.46. The van der Waals surface area contributed by atoms with Gasteiger partial charge in [-0.1, -0.05) is 34.8 Å². The van der Waals surface area contributed by atoms with Crippen LogP contribution in [0.2, 0.25) is 0 Å². The van der Waals surface area contributed by atoms with E-state index < -0.39 is 5.41 Å². The molecule has 0 aromatic heterocycles. The second-order valence-electron chi connectivity index (χ2n) is 6.75. The second kappa shape index (κ2) is 7.47. The van der Waals surface area contributed by atoms with Gasteiger partial charge in [0.1, 0.15) is 5.41 Å². The van der Waals surface area contributed by atoms with Crippen LogP contribution in [0.15, 0.2) is 22.7 Å². The normalized spacial score (nSPS) is 15.9. The van der Waals surface area contributed by atoms with Gasteiger partial charge in [-0.2, -0.15) is 0 Å². The first kappa shape index (κ1) is 18.0. The maximum Gasteiger partial charge on any atom is 0.239 e. The lowest BCUT2D eigenvalue weighted by Gasteiger charge is -2.30. The number of rotatable bonds is 3. The number of nitrogens with one attached hydrogen (secondary N) is 1. The fourth-order valence-corrected chi connectivity index (χ4v) is 3.10. The average molecular weight is 381 g/mol. The van der Waals surface area contributed by atoms with Crippen molar-refractivity contribution in [3.05, 3.63) is 28.2 Å². The Kier molecular flexibility index (Phi) is 5.84. The molecule has 23 heavy (non-hydrogen) atoms. The number of amides is 2. The topological polar surface area (TPSA) is 49.4 Å². The fourth-order valence-electron chi connectivity index (χ4n) is 2.72. The van der Waals surface area contributed by atoms with E-state index in [1.165, 1.54) is 0 Å². The Balaban J connectivity index is 2.08. The van der Waals surface area contributed by atoms with Gasteiger partial charge in [-0.15, -0.1) is 0 Å². The lowest BCUT2D eigenvalue weighted by molar-refractivity contribution is -0.146. The molecule has 5 heteroatoms. The highest BCUT2D eigenvalue weighted by atomic mass is 79.9. The van der Waals surface area contributed by atoms with Crippen molar-refractivity contribution in [1.29, 1.82) is 0 Å². The van der Waals surface area contributed by atoms with Gasteiger partial charge in [-0.05, 0) is 51.3 Å². The monoisotopic (exact) mass is 380 g/mol. The van der Waals surface area contributed by atoms with E-state index in [0.717, 1.165) is 48.8 Å². The lowest BCUT2D eigenvalue weighted by atomic mass is 9.90. The van der Waals surface area contributed by atoms with Crippen LogP contribution in [-0.4, -0.2) is 29.8 Å². The largest absolute Gasteiger partial charge is 0.342 e. The van der Waals surface area contributed by atoms with Crippen molar-refractivity contribution >= 4 is 33.4 Å². The van der Waals surface area contributed by atoms with E-state index in [-0.39, 0.29) is 11.8 Å². The van der Waals surface area contributed by atoms with Gasteiger partial charge in [0.25, 0.3) is 0 Å². The van der Waals surface area contributed by atoms with E-state index in [1.807, 2.05) is 30.0 Å². The summed E-state index contributed by atoms with van der Waals surface area (Å²) in [5, 5.41) is 2.87. The number of aryl methyl sites for hydroxylation is 1. The maximum atomic E-state index is 12.8. The van der Waals surface area contributed by atoms with Crippen LogP contribution in [-0.2, 0) is 9.59 Å². The molecule has 1 saturated heterocycles. The molecule has 0 aliphatic carbocycles. The summed E-state index contributed by atoms with van der Waals surface area (Å²) < 4.78 is 0.937. The highest BCUT2D eigenvalue weighted by Gasteiger charge is 2.39. The van der Waals surface area contributed by atoms with E-state index in [0.29, 0.717) is 5.69 Å². The number of benzene rings is 1. The minimum Gasteiger partial charge on any atom is -0.342 e. The summed E-state index contributed by atoms with van der Waals surface area (Å²) in [7, 11) is 0. The fraction of sp³-hybridized carbons (Fsp3) is 0.556. The maximum absolute atomic E-state index is 12.8. The van der Waals surface area contributed by atoms with Crippen molar-refractivity contribution in [2.75, 3.05) is 18.4 Å². The molecule has 2 amide bonds. The van der Waals surface area contributed by atoms with Crippen LogP contribution in [0.3, 0.4) is 0 Å². The predicted molar refractivity (Wildman–Crippen MR) is 96.3 cm³/mol. The van der Waals surface area contributed by atoms with Crippen LogP contribution in [0, 0.1) is 12.3 Å². The van der Waals surface area contributed by atoms with Crippen LogP contribution in [0.25, 0.3) is 0 Å². The van der Waals surface area contributed by atoms with Crippen molar-refractivity contribution < 1.29 is 9.59 Å². The molecule has 0 atom stereocenters. The minimum absolute atomic E-state index is 0.0805.